The van der Waals surface area contributed by atoms with E-state index in [1.165, 1.54) is 6.20 Å². The molecule has 0 aliphatic heterocycles. The van der Waals surface area contributed by atoms with E-state index in [1.54, 1.807) is 41.3 Å². The largest absolute Gasteiger partial charge is 0.494 e. The van der Waals surface area contributed by atoms with Gasteiger partial charge < -0.3 is 15.4 Å². The predicted molar refractivity (Wildman–Crippen MR) is 183 cm³/mol. The average Bonchev–Trinajstić information content (AvgIpc) is 3.66. The number of primary amides is 1. The fourth-order valence-electron chi connectivity index (χ4n) is 5.40. The molecule has 3 heterocycles. The molecule has 0 atom stereocenters. The number of pyridine rings is 1. The Labute approximate surface area is 274 Å². The van der Waals surface area contributed by atoms with Crippen LogP contribution in [0, 0.1) is 6.92 Å². The van der Waals surface area contributed by atoms with E-state index in [9.17, 15) is 13.2 Å². The van der Waals surface area contributed by atoms with Crippen LogP contribution >= 0.6 is 0 Å². The molecule has 0 fully saturated rings. The topological polar surface area (TPSA) is 125 Å². The number of nitrogens with zero attached hydrogens (tertiary/aromatic N) is 5. The third-order valence-electron chi connectivity index (χ3n) is 7.87. The first-order chi connectivity index (χ1) is 22.6. The zero-order chi connectivity index (χ0) is 33.1. The number of ether oxygens (including phenoxy) is 1. The van der Waals surface area contributed by atoms with Crippen molar-refractivity contribution >= 4 is 27.0 Å². The highest BCUT2D eigenvalue weighted by Gasteiger charge is 2.27. The maximum Gasteiger partial charge on any atom is 0.269 e. The number of aryl methyl sites for hydroxylation is 1. The lowest BCUT2D eigenvalue weighted by Gasteiger charge is -2.11. The molecule has 6 rings (SSSR count). The summed E-state index contributed by atoms with van der Waals surface area (Å²) in [5.74, 6) is 0.0829. The highest BCUT2D eigenvalue weighted by Crippen LogP contribution is 2.36. The van der Waals surface area contributed by atoms with Crippen molar-refractivity contribution in [3.05, 3.63) is 120 Å². The molecule has 0 saturated heterocycles. The van der Waals surface area contributed by atoms with Crippen LogP contribution in [0.2, 0.25) is 0 Å². The second-order valence-corrected chi connectivity index (χ2v) is 13.5. The fraction of sp³-hybridized carbons (Fsp3) is 0.194. The predicted octanol–water partition coefficient (Wildman–Crippen LogP) is 5.59. The minimum absolute atomic E-state index is 0.114. The first-order valence-corrected chi connectivity index (χ1v) is 16.7. The molecule has 0 saturated carbocycles. The highest BCUT2D eigenvalue weighted by atomic mass is 32.2. The van der Waals surface area contributed by atoms with Crippen LogP contribution in [0.4, 0.5) is 0 Å². The maximum atomic E-state index is 14.0. The Hall–Kier alpha value is -5.26. The lowest BCUT2D eigenvalue weighted by atomic mass is 10.0. The number of rotatable bonds is 12. The summed E-state index contributed by atoms with van der Waals surface area (Å²) in [4.78, 5) is 19.6. The summed E-state index contributed by atoms with van der Waals surface area (Å²) in [5.41, 5.74) is 10.5. The van der Waals surface area contributed by atoms with Crippen LogP contribution in [0.25, 0.3) is 33.4 Å². The van der Waals surface area contributed by atoms with Crippen molar-refractivity contribution in [1.82, 2.24) is 23.6 Å². The summed E-state index contributed by atoms with van der Waals surface area (Å²) in [6.07, 6.45) is 5.62. The highest BCUT2D eigenvalue weighted by molar-refractivity contribution is 7.90. The number of aromatic nitrogens is 4. The quantitative estimate of drug-likeness (QED) is 0.172. The summed E-state index contributed by atoms with van der Waals surface area (Å²) in [6.45, 7) is 3.84. The van der Waals surface area contributed by atoms with Crippen LogP contribution < -0.4 is 10.5 Å². The molecule has 240 valence electrons. The molecule has 0 radical (unpaired) electrons. The van der Waals surface area contributed by atoms with E-state index in [1.807, 2.05) is 81.7 Å². The van der Waals surface area contributed by atoms with E-state index in [-0.39, 0.29) is 21.8 Å². The van der Waals surface area contributed by atoms with E-state index in [0.29, 0.717) is 24.1 Å². The van der Waals surface area contributed by atoms with Gasteiger partial charge in [0.2, 0.25) is 0 Å². The minimum atomic E-state index is -4.06. The van der Waals surface area contributed by atoms with E-state index < -0.39 is 15.9 Å². The molecule has 0 unspecified atom stereocenters. The van der Waals surface area contributed by atoms with Crippen LogP contribution in [-0.4, -0.2) is 65.2 Å². The van der Waals surface area contributed by atoms with Gasteiger partial charge in [0.1, 0.15) is 11.4 Å². The summed E-state index contributed by atoms with van der Waals surface area (Å²) in [7, 11) is -0.000198. The number of carbonyl (C=O) groups excluding carboxylic acids is 1. The van der Waals surface area contributed by atoms with Gasteiger partial charge in [-0.1, -0.05) is 60.2 Å². The molecule has 6 aromatic rings. The van der Waals surface area contributed by atoms with Crippen molar-refractivity contribution in [3.63, 3.8) is 0 Å². The van der Waals surface area contributed by atoms with Gasteiger partial charge in [-0.05, 0) is 68.9 Å². The van der Waals surface area contributed by atoms with Gasteiger partial charge in [0.25, 0.3) is 15.9 Å². The molecule has 11 heteroatoms. The number of amides is 1. The molecular formula is C36H36N6O4S. The summed E-state index contributed by atoms with van der Waals surface area (Å²) >= 11 is 0. The Balaban J connectivity index is 1.45. The smallest absolute Gasteiger partial charge is 0.269 e. The first-order valence-electron chi connectivity index (χ1n) is 15.2. The minimum Gasteiger partial charge on any atom is -0.494 e. The molecule has 10 nitrogen and oxygen atoms in total. The first kappa shape index (κ1) is 31.7. The monoisotopic (exact) mass is 648 g/mol. The summed E-state index contributed by atoms with van der Waals surface area (Å²) in [5, 5.41) is 5.26. The number of nitrogens with two attached hydrogens (primary N) is 1. The lowest BCUT2D eigenvalue weighted by molar-refractivity contribution is 0.100. The Bertz CT molecular complexity index is 2140. The number of benzene rings is 3. The second-order valence-electron chi connectivity index (χ2n) is 11.7. The van der Waals surface area contributed by atoms with Crippen molar-refractivity contribution in [2.24, 2.45) is 5.73 Å². The van der Waals surface area contributed by atoms with Crippen LogP contribution in [0.5, 0.6) is 5.75 Å². The Kier molecular flexibility index (Phi) is 8.93. The standard InChI is InChI=1S/C36H36N6O4S/c1-25-10-16-30(17-11-25)47(44,45)42-24-32(34-33(35(37)43)23-41(39-34)22-26-8-5-4-6-9-26)31-20-28(21-38-36(31)42)27-12-14-29(15-13-27)46-19-7-18-40(2)3/h4-6,8-17,20-21,23-24H,7,18-19,22H2,1-3H3,(H2,37,43). The molecular weight excluding hydrogens is 613 g/mol. The number of fused-ring (bicyclic) bond motifs is 1. The second kappa shape index (κ2) is 13.2. The summed E-state index contributed by atoms with van der Waals surface area (Å²) < 4.78 is 36.7. The van der Waals surface area contributed by atoms with Crippen molar-refractivity contribution < 1.29 is 17.9 Å². The SMILES string of the molecule is Cc1ccc(S(=O)(=O)n2cc(-c3nn(Cc4ccccc4)cc3C(N)=O)c3cc(-c4ccc(OCCCN(C)C)cc4)cnc32)cc1. The number of hydrogen-bond acceptors (Lipinski definition) is 7. The Morgan fingerprint density at radius 1 is 0.936 bits per heavy atom. The zero-order valence-electron chi connectivity index (χ0n) is 26.5. The van der Waals surface area contributed by atoms with Gasteiger partial charge in [-0.15, -0.1) is 0 Å². The third-order valence-corrected chi connectivity index (χ3v) is 9.53. The third kappa shape index (κ3) is 6.81. The Morgan fingerprint density at radius 3 is 2.34 bits per heavy atom. The van der Waals surface area contributed by atoms with E-state index in [2.05, 4.69) is 9.88 Å². The van der Waals surface area contributed by atoms with Crippen LogP contribution in [-0.2, 0) is 16.6 Å². The van der Waals surface area contributed by atoms with Crippen LogP contribution in [0.15, 0.2) is 108 Å². The molecule has 0 aliphatic rings. The van der Waals surface area contributed by atoms with Crippen molar-refractivity contribution in [2.45, 2.75) is 24.8 Å². The molecule has 1 amide bonds. The maximum absolute atomic E-state index is 14.0. The molecule has 0 bridgehead atoms. The van der Waals surface area contributed by atoms with E-state index in [4.69, 9.17) is 15.6 Å². The summed E-state index contributed by atoms with van der Waals surface area (Å²) in [6, 6.07) is 25.9. The fourth-order valence-corrected chi connectivity index (χ4v) is 6.72. The molecule has 3 aromatic carbocycles. The van der Waals surface area contributed by atoms with Gasteiger partial charge in [-0.25, -0.2) is 17.4 Å². The van der Waals surface area contributed by atoms with E-state index >= 15 is 0 Å². The van der Waals surface area contributed by atoms with Crippen LogP contribution in [0.1, 0.15) is 27.9 Å². The van der Waals surface area contributed by atoms with Gasteiger partial charge >= 0.3 is 0 Å². The van der Waals surface area contributed by atoms with Crippen molar-refractivity contribution in [1.29, 1.82) is 0 Å². The van der Waals surface area contributed by atoms with Crippen LogP contribution in [0.3, 0.4) is 0 Å². The number of carbonyl (C=O) groups is 1. The van der Waals surface area contributed by atoms with Crippen molar-refractivity contribution in [3.8, 4) is 28.1 Å². The van der Waals surface area contributed by atoms with Gasteiger partial charge in [0.15, 0.2) is 5.65 Å². The van der Waals surface area contributed by atoms with Crippen molar-refractivity contribution in [2.75, 3.05) is 27.2 Å². The average molecular weight is 649 g/mol. The Morgan fingerprint density at radius 2 is 1.66 bits per heavy atom. The van der Waals surface area contributed by atoms with Gasteiger partial charge in [-0.3, -0.25) is 9.48 Å². The normalized spacial score (nSPS) is 11.7. The van der Waals surface area contributed by atoms with Gasteiger partial charge in [-0.2, -0.15) is 5.10 Å². The molecule has 3 aromatic heterocycles. The number of hydrogen-bond donors (Lipinski definition) is 1. The zero-order valence-corrected chi connectivity index (χ0v) is 27.3. The molecule has 2 N–H and O–H groups in total. The molecule has 0 spiro atoms. The lowest BCUT2D eigenvalue weighted by Crippen LogP contribution is -2.15. The molecule has 47 heavy (non-hydrogen) atoms. The van der Waals surface area contributed by atoms with Gasteiger partial charge in [0.05, 0.1) is 23.6 Å². The van der Waals surface area contributed by atoms with E-state index in [0.717, 1.165) is 44.9 Å². The van der Waals surface area contributed by atoms with Gasteiger partial charge in [0, 0.05) is 41.6 Å². The molecule has 0 aliphatic carbocycles.